The quantitative estimate of drug-likeness (QED) is 0.0459. The number of benzene rings is 8. The van der Waals surface area contributed by atoms with Crippen LogP contribution in [0, 0.1) is 0 Å². The zero-order valence-corrected chi connectivity index (χ0v) is 84.6. The normalized spacial score (nSPS) is 26.9. The van der Waals surface area contributed by atoms with Gasteiger partial charge in [-0.05, 0) is 179 Å². The van der Waals surface area contributed by atoms with Crippen LogP contribution in [0.25, 0.3) is 0 Å². The number of rotatable bonds is 16. The first kappa shape index (κ1) is 106. The lowest BCUT2D eigenvalue weighted by atomic mass is 9.99. The molecule has 12 saturated heterocycles. The molecule has 16 atom stereocenters. The molecule has 8 aromatic rings. The molecular weight excluding hydrogens is 1890 g/mol. The first-order valence-electron chi connectivity index (χ1n) is 53.6. The van der Waals surface area contributed by atoms with Crippen molar-refractivity contribution in [3.8, 4) is 0 Å². The van der Waals surface area contributed by atoms with Crippen LogP contribution in [0.4, 0.5) is 0 Å². The molecule has 0 unspecified atom stereocenters. The van der Waals surface area contributed by atoms with E-state index in [2.05, 4.69) is 42.5 Å². The summed E-state index contributed by atoms with van der Waals surface area (Å²) in [5.74, 6) is -3.42. The fourth-order valence-electron chi connectivity index (χ4n) is 23.7. The molecule has 0 aromatic heterocycles. The van der Waals surface area contributed by atoms with Crippen molar-refractivity contribution in [2.24, 2.45) is 0 Å². The maximum Gasteiger partial charge on any atom is 0.246 e. The number of fused-ring (bicyclic) bond motifs is 8. The number of nitrogens with zero attached hydrogens (tertiary/aromatic N) is 8. The van der Waals surface area contributed by atoms with Gasteiger partial charge < -0.3 is 81.7 Å². The van der Waals surface area contributed by atoms with Crippen LogP contribution in [0.15, 0.2) is 243 Å². The third-order valence-corrected chi connectivity index (χ3v) is 31.0. The van der Waals surface area contributed by atoms with Gasteiger partial charge in [-0.25, -0.2) is 0 Å². The van der Waals surface area contributed by atoms with Crippen molar-refractivity contribution in [2.45, 2.75) is 283 Å². The smallest absolute Gasteiger partial charge is 0.246 e. The largest absolute Gasteiger partial charge is 0.352 e. The first-order chi connectivity index (χ1) is 72.4. The minimum Gasteiger partial charge on any atom is -0.352 e. The van der Waals surface area contributed by atoms with Crippen molar-refractivity contribution in [1.29, 1.82) is 0 Å². The Bertz CT molecular complexity index is 5760. The molecule has 0 bridgehead atoms. The molecule has 20 rings (SSSR count). The second-order valence-electron chi connectivity index (χ2n) is 41.6. The first-order valence-corrected chi connectivity index (χ1v) is 53.6. The van der Waals surface area contributed by atoms with E-state index in [0.29, 0.717) is 155 Å². The maximum atomic E-state index is 13.8. The average molecular weight is 2020 g/mol. The molecule has 8 N–H and O–H groups in total. The van der Waals surface area contributed by atoms with Crippen molar-refractivity contribution in [2.75, 3.05) is 52.4 Å². The Morgan fingerprint density at radius 2 is 0.362 bits per heavy atom. The summed E-state index contributed by atoms with van der Waals surface area (Å²) < 4.78 is 0. The summed E-state index contributed by atoms with van der Waals surface area (Å²) >= 11 is 0. The zero-order chi connectivity index (χ0) is 104. The van der Waals surface area contributed by atoms with E-state index in [9.17, 15) is 76.7 Å². The van der Waals surface area contributed by atoms with E-state index in [4.69, 9.17) is 0 Å². The van der Waals surface area contributed by atoms with Gasteiger partial charge in [0.1, 0.15) is 66.5 Å². The van der Waals surface area contributed by atoms with Gasteiger partial charge in [0.05, 0.1) is 0 Å². The maximum absolute atomic E-state index is 13.8. The summed E-state index contributed by atoms with van der Waals surface area (Å²) in [5.41, 5.74) is 7.83. The summed E-state index contributed by atoms with van der Waals surface area (Å²) in [6.45, 7) is 3.98. The predicted octanol–water partition coefficient (Wildman–Crippen LogP) is 7.70. The summed E-state index contributed by atoms with van der Waals surface area (Å²) in [4.78, 5) is 230. The van der Waals surface area contributed by atoms with Crippen LogP contribution < -0.4 is 42.5 Å². The molecule has 149 heavy (non-hydrogen) atoms. The van der Waals surface area contributed by atoms with Gasteiger partial charge in [0, 0.05) is 134 Å². The van der Waals surface area contributed by atoms with Crippen LogP contribution in [-0.2, 0) is 128 Å². The molecule has 12 heterocycles. The zero-order valence-electron chi connectivity index (χ0n) is 84.6. The summed E-state index contributed by atoms with van der Waals surface area (Å²) in [5, 5.41) is 24.3. The highest BCUT2D eigenvalue weighted by Gasteiger charge is 2.50. The molecule has 0 saturated carbocycles. The topological polar surface area (TPSA) is 395 Å². The Kier molecular flexibility index (Phi) is 36.0. The number of nitrogens with one attached hydrogen (secondary N) is 8. The summed E-state index contributed by atoms with van der Waals surface area (Å²) in [6.07, 6.45) is 14.4. The van der Waals surface area contributed by atoms with Crippen molar-refractivity contribution < 1.29 is 76.7 Å². The van der Waals surface area contributed by atoms with E-state index in [-0.39, 0.29) is 127 Å². The van der Waals surface area contributed by atoms with Crippen molar-refractivity contribution in [3.63, 3.8) is 0 Å². The number of hydrogen-bond donors (Lipinski definition) is 8. The van der Waals surface area contributed by atoms with E-state index in [1.54, 1.807) is 39.2 Å². The lowest BCUT2D eigenvalue weighted by Crippen LogP contribution is -2.56. The fourth-order valence-corrected chi connectivity index (χ4v) is 23.7. The van der Waals surface area contributed by atoms with Gasteiger partial charge in [0.25, 0.3) is 0 Å². The van der Waals surface area contributed by atoms with E-state index >= 15 is 0 Å². The summed E-state index contributed by atoms with van der Waals surface area (Å²) in [6, 6.07) is 68.1. The van der Waals surface area contributed by atoms with Crippen LogP contribution in [-0.4, -0.2) is 283 Å². The Balaban J connectivity index is 0.000000135. The monoisotopic (exact) mass is 2020 g/mol. The number of carbonyl (C=O) groups is 16. The molecule has 32 heteroatoms. The number of amides is 16. The Morgan fingerprint density at radius 3 is 0.624 bits per heavy atom. The van der Waals surface area contributed by atoms with Gasteiger partial charge >= 0.3 is 0 Å². The lowest BCUT2D eigenvalue weighted by Gasteiger charge is -2.33. The highest BCUT2D eigenvalue weighted by Crippen LogP contribution is 2.34. The van der Waals surface area contributed by atoms with Crippen LogP contribution in [0.1, 0.15) is 179 Å². The van der Waals surface area contributed by atoms with E-state index < -0.39 is 96.7 Å². The van der Waals surface area contributed by atoms with Crippen LogP contribution in [0.2, 0.25) is 0 Å². The molecule has 0 spiro atoms. The Morgan fingerprint density at radius 1 is 0.174 bits per heavy atom. The van der Waals surface area contributed by atoms with Gasteiger partial charge in [-0.1, -0.05) is 243 Å². The molecule has 8 aromatic carbocycles. The highest BCUT2D eigenvalue weighted by molar-refractivity contribution is 6.00. The molecular formula is C117H138N16O16. The number of carbonyl (C=O) groups excluding carboxylic acids is 16. The Hall–Kier alpha value is -14.7. The molecule has 32 nitrogen and oxygen atoms in total. The van der Waals surface area contributed by atoms with Crippen LogP contribution in [0.5, 0.6) is 0 Å². The molecule has 782 valence electrons. The molecule has 0 radical (unpaired) electrons. The molecule has 12 aliphatic rings. The summed E-state index contributed by atoms with van der Waals surface area (Å²) in [7, 11) is 0. The van der Waals surface area contributed by atoms with Crippen molar-refractivity contribution in [1.82, 2.24) is 81.7 Å². The fraction of sp³-hybridized carbons (Fsp3) is 0.453. The van der Waals surface area contributed by atoms with E-state index in [0.717, 1.165) is 95.9 Å². The predicted molar refractivity (Wildman–Crippen MR) is 558 cm³/mol. The SMILES string of the molecule is O=C1C[C@H](Cc2ccccc2)NC(=O)[C@@H]2CCCN2C(=O)[C@@H]2CCCN2C(=O)C[C@H](Cc2ccccc2)N1.O=C1C[C@H](Cc2ccccc2)NC(=O)[C@@H]2CCCN2C(=O)[C@@H]2CCCN2C(=O)[C@@H](Cc2ccccc2)N1.O=C1C[C@H](Cc2ccccc2)NC(=O)[C@@H]2CCCN2C(=O)[C@@H]2CCCN2C(=O)[C@H](Cc2ccccc2)N1.O=C1N[C@@H](Cc2ccccc2)CC(=O)N2CCC[C@H]2C(=O)N2CCC[C@H]2C(=O)N[C@H]1Cc1ccccc1. The van der Waals surface area contributed by atoms with E-state index in [1.807, 2.05) is 243 Å². The molecule has 12 aliphatic heterocycles. The van der Waals surface area contributed by atoms with Crippen molar-refractivity contribution in [3.05, 3.63) is 287 Å². The molecule has 12 fully saturated rings. The van der Waals surface area contributed by atoms with Gasteiger partial charge in [-0.15, -0.1) is 0 Å². The second kappa shape index (κ2) is 50.8. The van der Waals surface area contributed by atoms with Gasteiger partial charge in [0.2, 0.25) is 94.5 Å². The van der Waals surface area contributed by atoms with E-state index in [1.165, 1.54) is 0 Å². The van der Waals surface area contributed by atoms with Crippen LogP contribution >= 0.6 is 0 Å². The lowest BCUT2D eigenvalue weighted by molar-refractivity contribution is -0.147. The molecule has 16 amide bonds. The molecule has 0 aliphatic carbocycles. The van der Waals surface area contributed by atoms with Gasteiger partial charge in [-0.3, -0.25) is 76.7 Å². The average Bonchev–Trinajstić information content (AvgIpc) is 1.66. The van der Waals surface area contributed by atoms with Gasteiger partial charge in [0.15, 0.2) is 0 Å². The minimum atomic E-state index is -0.818. The number of hydrogen-bond acceptors (Lipinski definition) is 16. The van der Waals surface area contributed by atoms with Gasteiger partial charge in [-0.2, -0.15) is 0 Å². The third-order valence-electron chi connectivity index (χ3n) is 31.0. The highest BCUT2D eigenvalue weighted by atomic mass is 16.2. The minimum absolute atomic E-state index is 0.0449. The van der Waals surface area contributed by atoms with Crippen LogP contribution in [0.3, 0.4) is 0 Å². The third kappa shape index (κ3) is 27.4. The standard InChI is InChI=1S/C30H36N4O4.3C29H34N4O4/c35-27-19-23(17-21-9-3-1-4-10-21)32-29(37)25-13-7-16-34(25)30(38)26-14-8-15-33(26)28(36)20-24(31-27)18-22-11-5-2-6-12-22;34-26-19-22(17-20-9-3-1-4-10-20)30-27(35)23(18-21-11-5-2-6-12-21)31-28(36)24-13-7-16-33(24)29(37)25-14-8-15-32(25)26;2*34-26-19-22(17-20-9-3-1-4-10-20)30-27(35)24-13-7-15-32(24)29(37)25-14-8-16-33(25)28(36)23(31-26)18-21-11-5-2-6-12-21/h1-6,9-12,23-26H,7-8,13-20H2,(H,31,35)(H,32,37);1-6,9-12,22-25H,7-8,13-19H2,(H,30,35)(H,31,36);2*1-6,9-12,22-25H,7-8,13-19H2,(H,30,35)(H,31,34)/t23-,24-,25-,26-;22-,23-,24-,25-;22-,23+,24-,25-;22-,23-,24-,25-/m0000/s1. The van der Waals surface area contributed by atoms with Crippen molar-refractivity contribution >= 4 is 94.5 Å². The second-order valence-corrected chi connectivity index (χ2v) is 41.6. The Labute approximate surface area is 870 Å².